The number of nitrogens with zero attached hydrogens (tertiary/aromatic N) is 2. The van der Waals surface area contributed by atoms with Crippen molar-refractivity contribution in [1.82, 2.24) is 15.2 Å². The van der Waals surface area contributed by atoms with Gasteiger partial charge in [-0.05, 0) is 43.9 Å². The number of rotatable bonds is 10. The summed E-state index contributed by atoms with van der Waals surface area (Å²) in [5.41, 5.74) is 2.77. The van der Waals surface area contributed by atoms with Crippen LogP contribution in [0.2, 0.25) is 0 Å². The van der Waals surface area contributed by atoms with Gasteiger partial charge >= 0.3 is 0 Å². The van der Waals surface area contributed by atoms with Crippen LogP contribution in [-0.2, 0) is 34.3 Å². The normalized spacial score (nSPS) is 12.9. The van der Waals surface area contributed by atoms with Crippen LogP contribution in [0.5, 0.6) is 0 Å². The molecule has 27 heavy (non-hydrogen) atoms. The van der Waals surface area contributed by atoms with Gasteiger partial charge in [-0.3, -0.25) is 14.0 Å². The molecule has 0 aliphatic heterocycles. The van der Waals surface area contributed by atoms with Gasteiger partial charge in [-0.15, -0.1) is 0 Å². The lowest BCUT2D eigenvalue weighted by Gasteiger charge is -2.10. The van der Waals surface area contributed by atoms with E-state index >= 15 is 0 Å². The van der Waals surface area contributed by atoms with Gasteiger partial charge in [0.05, 0.1) is 24.8 Å². The van der Waals surface area contributed by atoms with Crippen LogP contribution in [0, 0.1) is 0 Å². The highest BCUT2D eigenvalue weighted by atomic mass is 32.2. The van der Waals surface area contributed by atoms with Crippen LogP contribution in [0.3, 0.4) is 0 Å². The Hall–Kier alpha value is -2.45. The third-order valence-electron chi connectivity index (χ3n) is 3.59. The highest BCUT2D eigenvalue weighted by Gasteiger charge is 2.09. The summed E-state index contributed by atoms with van der Waals surface area (Å²) in [6.45, 7) is 0.816. The predicted molar refractivity (Wildman–Crippen MR) is 104 cm³/mol. The number of aliphatic hydroxyl groups is 1. The average Bonchev–Trinajstić information content (AvgIpc) is 3.10. The Morgan fingerprint density at radius 3 is 2.89 bits per heavy atom. The topological polar surface area (TPSA) is 95.7 Å². The first-order chi connectivity index (χ1) is 12.9. The van der Waals surface area contributed by atoms with Crippen molar-refractivity contribution in [2.45, 2.75) is 18.7 Å². The number of carbonyl (C=O) groups is 1. The lowest BCUT2D eigenvalue weighted by Crippen LogP contribution is -2.30. The molecule has 8 heteroatoms. The number of nitrogens with one attached hydrogen (secondary N) is 1. The molecule has 2 aromatic heterocycles. The van der Waals surface area contributed by atoms with Crippen molar-refractivity contribution in [3.63, 3.8) is 0 Å². The maximum Gasteiger partial charge on any atom is 0.233 e. The maximum atomic E-state index is 11.9. The standard InChI is InChI=1S/C19H25N3O4S/c1-22(2)11-15-5-7-20-17(9-15)3-4-18(23)10-21-19(24)14-27(25)13-16-6-8-26-12-16/h4-9,12,23H,3,10-11,13-14H2,1-2H3,(H,21,24). The molecule has 2 heterocycles. The average molecular weight is 391 g/mol. The van der Waals surface area contributed by atoms with E-state index in [2.05, 4.69) is 15.2 Å². The van der Waals surface area contributed by atoms with Crippen molar-refractivity contribution in [1.29, 1.82) is 0 Å². The summed E-state index contributed by atoms with van der Waals surface area (Å²) < 4.78 is 16.8. The fraction of sp³-hybridized carbons (Fsp3) is 0.368. The number of carbonyl (C=O) groups excluding carboxylic acids is 1. The Labute approximate surface area is 161 Å². The highest BCUT2D eigenvalue weighted by Crippen LogP contribution is 2.06. The molecule has 0 bridgehead atoms. The second-order valence-electron chi connectivity index (χ2n) is 6.43. The zero-order valence-electron chi connectivity index (χ0n) is 15.6. The zero-order valence-corrected chi connectivity index (χ0v) is 16.4. The van der Waals surface area contributed by atoms with E-state index in [0.29, 0.717) is 6.42 Å². The summed E-state index contributed by atoms with van der Waals surface area (Å²) in [5, 5.41) is 12.5. The van der Waals surface area contributed by atoms with Gasteiger partial charge in [0.2, 0.25) is 5.91 Å². The molecule has 1 atom stereocenters. The van der Waals surface area contributed by atoms with Crippen molar-refractivity contribution in [2.24, 2.45) is 0 Å². The number of amides is 1. The van der Waals surface area contributed by atoms with Crippen LogP contribution in [0.15, 0.2) is 53.2 Å². The van der Waals surface area contributed by atoms with Crippen molar-refractivity contribution in [2.75, 3.05) is 26.4 Å². The third-order valence-corrected chi connectivity index (χ3v) is 4.83. The van der Waals surface area contributed by atoms with Crippen LogP contribution >= 0.6 is 0 Å². The quantitative estimate of drug-likeness (QED) is 0.600. The third kappa shape index (κ3) is 8.19. The van der Waals surface area contributed by atoms with Gasteiger partial charge in [0.15, 0.2) is 0 Å². The molecule has 0 saturated carbocycles. The molecule has 0 aromatic carbocycles. The minimum absolute atomic E-state index is 0.000861. The Morgan fingerprint density at radius 1 is 1.37 bits per heavy atom. The molecule has 0 radical (unpaired) electrons. The molecule has 2 N–H and O–H groups in total. The molecule has 0 fully saturated rings. The molecule has 0 spiro atoms. The lowest BCUT2D eigenvalue weighted by molar-refractivity contribution is -0.118. The number of hydrogen-bond donors (Lipinski definition) is 2. The highest BCUT2D eigenvalue weighted by molar-refractivity contribution is 7.84. The van der Waals surface area contributed by atoms with Crippen LogP contribution < -0.4 is 5.32 Å². The van der Waals surface area contributed by atoms with E-state index in [0.717, 1.165) is 23.4 Å². The SMILES string of the molecule is CN(C)Cc1ccnc(CC=C(O)CNC(=O)CS(=O)Cc2ccoc2)c1. The second kappa shape index (κ2) is 10.6. The van der Waals surface area contributed by atoms with Crippen molar-refractivity contribution < 1.29 is 18.5 Å². The van der Waals surface area contributed by atoms with E-state index < -0.39 is 10.8 Å². The van der Waals surface area contributed by atoms with Gasteiger partial charge in [-0.25, -0.2) is 0 Å². The van der Waals surface area contributed by atoms with Gasteiger partial charge in [-0.1, -0.05) is 0 Å². The first kappa shape index (κ1) is 20.9. The Bertz CT molecular complexity index is 788. The molecular weight excluding hydrogens is 366 g/mol. The monoisotopic (exact) mass is 391 g/mol. The summed E-state index contributed by atoms with van der Waals surface area (Å²) in [4.78, 5) is 18.2. The fourth-order valence-corrected chi connectivity index (χ4v) is 3.43. The molecule has 2 rings (SSSR count). The van der Waals surface area contributed by atoms with Gasteiger partial charge in [-0.2, -0.15) is 0 Å². The molecular formula is C19H25N3O4S. The number of aromatic nitrogens is 1. The van der Waals surface area contributed by atoms with E-state index in [9.17, 15) is 14.1 Å². The lowest BCUT2D eigenvalue weighted by atomic mass is 10.2. The van der Waals surface area contributed by atoms with E-state index in [1.54, 1.807) is 18.3 Å². The number of aliphatic hydroxyl groups excluding tert-OH is 1. The number of allylic oxidation sites excluding steroid dienone is 1. The molecule has 2 aromatic rings. The van der Waals surface area contributed by atoms with Crippen LogP contribution in [0.25, 0.3) is 0 Å². The van der Waals surface area contributed by atoms with Gasteiger partial charge in [0.1, 0.15) is 11.5 Å². The summed E-state index contributed by atoms with van der Waals surface area (Å²) in [6, 6.07) is 5.66. The zero-order chi connectivity index (χ0) is 19.6. The molecule has 1 amide bonds. The Morgan fingerprint density at radius 2 is 2.19 bits per heavy atom. The van der Waals surface area contributed by atoms with Crippen LogP contribution in [0.1, 0.15) is 16.8 Å². The van der Waals surface area contributed by atoms with Crippen LogP contribution in [0.4, 0.5) is 0 Å². The predicted octanol–water partition coefficient (Wildman–Crippen LogP) is 1.79. The molecule has 0 aliphatic rings. The maximum absolute atomic E-state index is 11.9. The molecule has 1 unspecified atom stereocenters. The molecule has 0 aliphatic carbocycles. The van der Waals surface area contributed by atoms with Crippen molar-refractivity contribution >= 4 is 16.7 Å². The smallest absolute Gasteiger partial charge is 0.233 e. The first-order valence-electron chi connectivity index (χ1n) is 8.51. The fourth-order valence-electron chi connectivity index (χ4n) is 2.40. The number of pyridine rings is 1. The van der Waals surface area contributed by atoms with Gasteiger partial charge in [0, 0.05) is 41.2 Å². The number of hydrogen-bond acceptors (Lipinski definition) is 6. The first-order valence-corrected chi connectivity index (χ1v) is 10.0. The number of furan rings is 1. The van der Waals surface area contributed by atoms with E-state index in [1.807, 2.05) is 26.2 Å². The molecule has 7 nitrogen and oxygen atoms in total. The second-order valence-corrected chi connectivity index (χ2v) is 7.89. The summed E-state index contributed by atoms with van der Waals surface area (Å²) in [6.07, 6.45) is 6.84. The van der Waals surface area contributed by atoms with Gasteiger partial charge < -0.3 is 19.7 Å². The minimum Gasteiger partial charge on any atom is -0.511 e. The molecule has 0 saturated heterocycles. The Balaban J connectivity index is 1.75. The van der Waals surface area contributed by atoms with E-state index in [1.165, 1.54) is 12.5 Å². The summed E-state index contributed by atoms with van der Waals surface area (Å²) in [7, 11) is 2.67. The summed E-state index contributed by atoms with van der Waals surface area (Å²) >= 11 is 0. The summed E-state index contributed by atoms with van der Waals surface area (Å²) in [5.74, 6) is -0.181. The minimum atomic E-state index is -1.32. The van der Waals surface area contributed by atoms with Crippen molar-refractivity contribution in [3.8, 4) is 0 Å². The Kier molecular flexibility index (Phi) is 8.22. The van der Waals surface area contributed by atoms with Crippen molar-refractivity contribution in [3.05, 3.63) is 65.6 Å². The van der Waals surface area contributed by atoms with E-state index in [4.69, 9.17) is 4.42 Å². The largest absolute Gasteiger partial charge is 0.511 e. The van der Waals surface area contributed by atoms with E-state index in [-0.39, 0.29) is 29.7 Å². The molecule has 146 valence electrons. The van der Waals surface area contributed by atoms with Gasteiger partial charge in [0.25, 0.3) is 0 Å². The van der Waals surface area contributed by atoms with Crippen LogP contribution in [-0.4, -0.2) is 51.5 Å².